The zero-order chi connectivity index (χ0) is 9.41. The molecule has 0 aromatic rings. The van der Waals surface area contributed by atoms with Crippen LogP contribution in [0.15, 0.2) is 0 Å². The predicted octanol–water partition coefficient (Wildman–Crippen LogP) is 1.60. The van der Waals surface area contributed by atoms with Crippen molar-refractivity contribution in [2.24, 2.45) is 5.73 Å². The first-order valence-corrected chi connectivity index (χ1v) is 4.88. The molecule has 2 heteroatoms. The van der Waals surface area contributed by atoms with Gasteiger partial charge in [-0.25, -0.2) is 0 Å². The molecule has 12 heavy (non-hydrogen) atoms. The molecule has 1 rings (SSSR count). The SMILES string of the molecule is CC1(C)CCC(C)(C)N1CCN. The Balaban J connectivity index is 2.74. The molecule has 0 unspecified atom stereocenters. The Morgan fingerprint density at radius 2 is 1.50 bits per heavy atom. The molecule has 0 saturated carbocycles. The van der Waals surface area contributed by atoms with Crippen molar-refractivity contribution in [3.05, 3.63) is 0 Å². The highest BCUT2D eigenvalue weighted by Gasteiger charge is 2.43. The van der Waals surface area contributed by atoms with Gasteiger partial charge in [-0.2, -0.15) is 0 Å². The zero-order valence-electron chi connectivity index (χ0n) is 8.85. The van der Waals surface area contributed by atoms with Crippen LogP contribution >= 0.6 is 0 Å². The largest absolute Gasteiger partial charge is 0.329 e. The number of rotatable bonds is 2. The summed E-state index contributed by atoms with van der Waals surface area (Å²) in [7, 11) is 0. The van der Waals surface area contributed by atoms with Crippen LogP contribution in [0.3, 0.4) is 0 Å². The van der Waals surface area contributed by atoms with Gasteiger partial charge >= 0.3 is 0 Å². The van der Waals surface area contributed by atoms with Crippen molar-refractivity contribution < 1.29 is 0 Å². The quantitative estimate of drug-likeness (QED) is 0.682. The first-order chi connectivity index (χ1) is 5.40. The smallest absolute Gasteiger partial charge is 0.0159 e. The molecular formula is C10H22N2. The monoisotopic (exact) mass is 170 g/mol. The molecule has 0 aromatic heterocycles. The Bertz CT molecular complexity index is 145. The molecule has 1 aliphatic rings. The molecule has 0 radical (unpaired) electrons. The van der Waals surface area contributed by atoms with Crippen molar-refractivity contribution in [3.8, 4) is 0 Å². The van der Waals surface area contributed by atoms with E-state index in [4.69, 9.17) is 5.73 Å². The van der Waals surface area contributed by atoms with Gasteiger partial charge in [-0.3, -0.25) is 4.90 Å². The first kappa shape index (κ1) is 10.0. The molecule has 0 bridgehead atoms. The van der Waals surface area contributed by atoms with E-state index in [1.165, 1.54) is 12.8 Å². The van der Waals surface area contributed by atoms with Crippen molar-refractivity contribution in [1.29, 1.82) is 0 Å². The average Bonchev–Trinajstić information content (AvgIpc) is 2.13. The van der Waals surface area contributed by atoms with Crippen molar-refractivity contribution in [1.82, 2.24) is 4.90 Å². The number of nitrogens with zero attached hydrogens (tertiary/aromatic N) is 1. The Morgan fingerprint density at radius 1 is 1.08 bits per heavy atom. The van der Waals surface area contributed by atoms with Crippen LogP contribution < -0.4 is 5.73 Å². The first-order valence-electron chi connectivity index (χ1n) is 4.88. The van der Waals surface area contributed by atoms with Crippen LogP contribution in [0.2, 0.25) is 0 Å². The lowest BCUT2D eigenvalue weighted by atomic mass is 10.0. The summed E-state index contributed by atoms with van der Waals surface area (Å²) >= 11 is 0. The van der Waals surface area contributed by atoms with Crippen LogP contribution in [-0.4, -0.2) is 29.1 Å². The molecule has 0 atom stereocenters. The van der Waals surface area contributed by atoms with Crippen molar-refractivity contribution in [2.75, 3.05) is 13.1 Å². The van der Waals surface area contributed by atoms with Gasteiger partial charge in [0.15, 0.2) is 0 Å². The maximum atomic E-state index is 5.61. The van der Waals surface area contributed by atoms with Crippen LogP contribution in [0.4, 0.5) is 0 Å². The van der Waals surface area contributed by atoms with Crippen LogP contribution in [-0.2, 0) is 0 Å². The van der Waals surface area contributed by atoms with Gasteiger partial charge in [0.1, 0.15) is 0 Å². The normalized spacial score (nSPS) is 27.8. The van der Waals surface area contributed by atoms with Gasteiger partial charge in [-0.15, -0.1) is 0 Å². The molecule has 2 N–H and O–H groups in total. The molecule has 0 amide bonds. The fraction of sp³-hybridized carbons (Fsp3) is 1.00. The minimum absolute atomic E-state index is 0.350. The van der Waals surface area contributed by atoms with Crippen molar-refractivity contribution in [2.45, 2.75) is 51.6 Å². The fourth-order valence-corrected chi connectivity index (χ4v) is 2.44. The summed E-state index contributed by atoms with van der Waals surface area (Å²) in [4.78, 5) is 2.54. The summed E-state index contributed by atoms with van der Waals surface area (Å²) in [5, 5.41) is 0. The minimum atomic E-state index is 0.350. The van der Waals surface area contributed by atoms with Gasteiger partial charge < -0.3 is 5.73 Å². The van der Waals surface area contributed by atoms with Crippen molar-refractivity contribution in [3.63, 3.8) is 0 Å². The van der Waals surface area contributed by atoms with E-state index < -0.39 is 0 Å². The maximum absolute atomic E-state index is 5.61. The van der Waals surface area contributed by atoms with Gasteiger partial charge in [0.2, 0.25) is 0 Å². The third-order valence-electron chi connectivity index (χ3n) is 3.16. The lowest BCUT2D eigenvalue weighted by Gasteiger charge is -2.40. The second-order valence-electron chi connectivity index (χ2n) is 5.07. The van der Waals surface area contributed by atoms with E-state index in [9.17, 15) is 0 Å². The number of likely N-dealkylation sites (tertiary alicyclic amines) is 1. The second-order valence-corrected chi connectivity index (χ2v) is 5.07. The second kappa shape index (κ2) is 3.00. The number of nitrogens with two attached hydrogens (primary N) is 1. The average molecular weight is 170 g/mol. The van der Waals surface area contributed by atoms with Gasteiger partial charge in [0, 0.05) is 24.2 Å². The van der Waals surface area contributed by atoms with Crippen LogP contribution in [0.1, 0.15) is 40.5 Å². The summed E-state index contributed by atoms with van der Waals surface area (Å²) in [6.45, 7) is 11.1. The lowest BCUT2D eigenvalue weighted by molar-refractivity contribution is 0.0834. The van der Waals surface area contributed by atoms with E-state index in [1.807, 2.05) is 0 Å². The Morgan fingerprint density at radius 3 is 1.83 bits per heavy atom. The molecule has 1 aliphatic heterocycles. The third-order valence-corrected chi connectivity index (χ3v) is 3.16. The van der Waals surface area contributed by atoms with Gasteiger partial charge in [0.05, 0.1) is 0 Å². The molecular weight excluding hydrogens is 148 g/mol. The van der Waals surface area contributed by atoms with Crippen LogP contribution in [0.25, 0.3) is 0 Å². The molecule has 0 spiro atoms. The van der Waals surface area contributed by atoms with Gasteiger partial charge in [-0.1, -0.05) is 0 Å². The van der Waals surface area contributed by atoms with Gasteiger partial charge in [0.25, 0.3) is 0 Å². The third kappa shape index (κ3) is 1.64. The molecule has 1 saturated heterocycles. The molecule has 72 valence electrons. The highest BCUT2D eigenvalue weighted by molar-refractivity contribution is 5.00. The lowest BCUT2D eigenvalue weighted by Crippen LogP contribution is -2.50. The molecule has 0 aliphatic carbocycles. The molecule has 1 fully saturated rings. The van der Waals surface area contributed by atoms with E-state index in [0.717, 1.165) is 13.1 Å². The molecule has 2 nitrogen and oxygen atoms in total. The fourth-order valence-electron chi connectivity index (χ4n) is 2.44. The van der Waals surface area contributed by atoms with Gasteiger partial charge in [-0.05, 0) is 40.5 Å². The highest BCUT2D eigenvalue weighted by atomic mass is 15.3. The van der Waals surface area contributed by atoms with E-state index in [0.29, 0.717) is 11.1 Å². The van der Waals surface area contributed by atoms with E-state index in [1.54, 1.807) is 0 Å². The molecule has 0 aromatic carbocycles. The topological polar surface area (TPSA) is 29.3 Å². The highest BCUT2D eigenvalue weighted by Crippen LogP contribution is 2.39. The molecule has 1 heterocycles. The zero-order valence-corrected chi connectivity index (χ0v) is 8.85. The van der Waals surface area contributed by atoms with Crippen molar-refractivity contribution >= 4 is 0 Å². The van der Waals surface area contributed by atoms with Crippen LogP contribution in [0, 0.1) is 0 Å². The summed E-state index contributed by atoms with van der Waals surface area (Å²) in [6.07, 6.45) is 2.58. The van der Waals surface area contributed by atoms with E-state index in [-0.39, 0.29) is 0 Å². The summed E-state index contributed by atoms with van der Waals surface area (Å²) in [6, 6.07) is 0. The maximum Gasteiger partial charge on any atom is 0.0159 e. The predicted molar refractivity (Wildman–Crippen MR) is 53.2 cm³/mol. The summed E-state index contributed by atoms with van der Waals surface area (Å²) in [5.74, 6) is 0. The number of hydrogen-bond donors (Lipinski definition) is 1. The Labute approximate surface area is 76.1 Å². The Kier molecular flexibility index (Phi) is 2.50. The summed E-state index contributed by atoms with van der Waals surface area (Å²) in [5.41, 5.74) is 6.31. The summed E-state index contributed by atoms with van der Waals surface area (Å²) < 4.78 is 0. The van der Waals surface area contributed by atoms with E-state index in [2.05, 4.69) is 32.6 Å². The minimum Gasteiger partial charge on any atom is -0.329 e. The number of hydrogen-bond acceptors (Lipinski definition) is 2. The van der Waals surface area contributed by atoms with E-state index >= 15 is 0 Å². The van der Waals surface area contributed by atoms with Crippen LogP contribution in [0.5, 0.6) is 0 Å². The standard InChI is InChI=1S/C10H22N2/c1-9(2)5-6-10(3,4)12(9)8-7-11/h5-8,11H2,1-4H3. The Hall–Kier alpha value is -0.0800.